The predicted molar refractivity (Wildman–Crippen MR) is 124 cm³/mol. The molecule has 160 valence electrons. The van der Waals surface area contributed by atoms with Crippen molar-refractivity contribution in [3.05, 3.63) is 81.6 Å². The highest BCUT2D eigenvalue weighted by Gasteiger charge is 2.19. The van der Waals surface area contributed by atoms with Crippen LogP contribution in [0.1, 0.15) is 16.7 Å². The van der Waals surface area contributed by atoms with E-state index in [9.17, 15) is 9.59 Å². The summed E-state index contributed by atoms with van der Waals surface area (Å²) in [7, 11) is 3.62. The van der Waals surface area contributed by atoms with Crippen LogP contribution in [0.15, 0.2) is 59.4 Å². The smallest absolute Gasteiger partial charge is 0.273 e. The summed E-state index contributed by atoms with van der Waals surface area (Å²) in [5.41, 5.74) is 15.6. The van der Waals surface area contributed by atoms with E-state index in [0.717, 1.165) is 16.7 Å². The average molecular weight is 419 g/mol. The van der Waals surface area contributed by atoms with E-state index in [1.165, 1.54) is 6.21 Å². The fourth-order valence-corrected chi connectivity index (χ4v) is 3.41. The quantitative estimate of drug-likeness (QED) is 0.253. The van der Waals surface area contributed by atoms with Gasteiger partial charge >= 0.3 is 0 Å². The number of carbonyl (C=O) groups excluding carboxylic acids is 1. The molecule has 0 fully saturated rings. The molecule has 8 heteroatoms. The molecule has 6 N–H and O–H groups in total. The largest absolute Gasteiger partial charge is 0.399 e. The topological polar surface area (TPSA) is 132 Å². The van der Waals surface area contributed by atoms with Crippen LogP contribution in [0.25, 0.3) is 11.3 Å². The van der Waals surface area contributed by atoms with Gasteiger partial charge in [0.05, 0.1) is 6.42 Å². The van der Waals surface area contributed by atoms with E-state index in [2.05, 4.69) is 4.98 Å². The Morgan fingerprint density at radius 3 is 2.45 bits per heavy atom. The first-order valence-electron chi connectivity index (χ1n) is 9.73. The molecule has 0 saturated carbocycles. The molecule has 0 aliphatic carbocycles. The number of nitrogens with two attached hydrogens (primary N) is 2. The third-order valence-electron chi connectivity index (χ3n) is 5.04. The molecular weight excluding hydrogens is 392 g/mol. The zero-order valence-electron chi connectivity index (χ0n) is 17.6. The molecule has 1 amide bonds. The number of aromatic nitrogens is 1. The van der Waals surface area contributed by atoms with Gasteiger partial charge in [-0.1, -0.05) is 36.4 Å². The maximum absolute atomic E-state index is 13.1. The van der Waals surface area contributed by atoms with Crippen LogP contribution in [-0.4, -0.2) is 36.2 Å². The van der Waals surface area contributed by atoms with Crippen LogP contribution in [0.4, 0.5) is 11.4 Å². The number of nitrogens with zero attached hydrogens (tertiary/aromatic N) is 2. The molecule has 31 heavy (non-hydrogen) atoms. The van der Waals surface area contributed by atoms with E-state index in [4.69, 9.17) is 16.9 Å². The summed E-state index contributed by atoms with van der Waals surface area (Å²) in [4.78, 5) is 27.7. The minimum absolute atomic E-state index is 0.0687. The Labute approximate surface area is 180 Å². The van der Waals surface area contributed by atoms with Crippen molar-refractivity contribution in [3.8, 4) is 11.3 Å². The molecule has 0 saturated heterocycles. The number of primary amides is 1. The summed E-state index contributed by atoms with van der Waals surface area (Å²) in [6, 6.07) is 16.5. The monoisotopic (exact) mass is 418 g/mol. The molecule has 1 heterocycles. The Balaban J connectivity index is 1.96. The van der Waals surface area contributed by atoms with Crippen molar-refractivity contribution in [2.45, 2.75) is 13.0 Å². The van der Waals surface area contributed by atoms with Gasteiger partial charge in [-0.15, -0.1) is 0 Å². The van der Waals surface area contributed by atoms with Crippen molar-refractivity contribution in [3.63, 3.8) is 0 Å². The van der Waals surface area contributed by atoms with Crippen LogP contribution in [0.3, 0.4) is 0 Å². The van der Waals surface area contributed by atoms with Gasteiger partial charge in [-0.3, -0.25) is 9.59 Å². The number of hydrazine groups is 1. The Hall–Kier alpha value is -3.91. The van der Waals surface area contributed by atoms with E-state index >= 15 is 0 Å². The molecule has 0 unspecified atom stereocenters. The van der Waals surface area contributed by atoms with Crippen molar-refractivity contribution in [1.29, 1.82) is 5.41 Å². The first kappa shape index (κ1) is 21.8. The average Bonchev–Trinajstić information content (AvgIpc) is 2.73. The molecule has 3 aromatic rings. The number of rotatable bonds is 8. The number of hydrogen-bond donors (Lipinski definition) is 4. The number of H-pyrrole nitrogens is 1. The number of benzene rings is 2. The van der Waals surface area contributed by atoms with E-state index in [0.29, 0.717) is 29.2 Å². The van der Waals surface area contributed by atoms with Crippen molar-refractivity contribution in [2.24, 2.45) is 5.73 Å². The fraction of sp³-hybridized carbons (Fsp3) is 0.174. The minimum atomic E-state index is -0.524. The third-order valence-corrected chi connectivity index (χ3v) is 5.04. The van der Waals surface area contributed by atoms with Gasteiger partial charge in [0.15, 0.2) is 0 Å². The lowest BCUT2D eigenvalue weighted by Gasteiger charge is -2.31. The van der Waals surface area contributed by atoms with Crippen LogP contribution in [0, 0.1) is 5.41 Å². The summed E-state index contributed by atoms with van der Waals surface area (Å²) in [5, 5.41) is 10.9. The molecule has 8 nitrogen and oxygen atoms in total. The molecule has 3 rings (SSSR count). The molecule has 0 spiro atoms. The Bertz CT molecular complexity index is 1150. The number of nitrogens with one attached hydrogen (secondary N) is 2. The van der Waals surface area contributed by atoms with Crippen LogP contribution in [0.2, 0.25) is 0 Å². The summed E-state index contributed by atoms with van der Waals surface area (Å²) < 4.78 is 0. The molecular formula is C23H26N6O2. The normalized spacial score (nSPS) is 10.8. The molecule has 0 aliphatic heterocycles. The lowest BCUT2D eigenvalue weighted by atomic mass is 10.0. The molecule has 0 aliphatic rings. The molecule has 0 bridgehead atoms. The van der Waals surface area contributed by atoms with Crippen molar-refractivity contribution >= 4 is 23.5 Å². The van der Waals surface area contributed by atoms with Crippen LogP contribution in [0.5, 0.6) is 0 Å². The van der Waals surface area contributed by atoms with Gasteiger partial charge in [-0.05, 0) is 34.9 Å². The molecule has 1 aromatic heterocycles. The molecule has 0 radical (unpaired) electrons. The summed E-state index contributed by atoms with van der Waals surface area (Å²) in [5.74, 6) is -0.524. The Morgan fingerprint density at radius 2 is 1.84 bits per heavy atom. The lowest BCUT2D eigenvalue weighted by Crippen LogP contribution is -2.40. The number of hydrogen-bond acceptors (Lipinski definition) is 6. The number of carbonyl (C=O) groups is 1. The summed E-state index contributed by atoms with van der Waals surface area (Å²) >= 11 is 0. The van der Waals surface area contributed by atoms with Crippen LogP contribution in [-0.2, 0) is 17.8 Å². The SMILES string of the molecule is CN(Cc1ccc(C=N)cc1)N(C)c1c(CC(N)=O)cc(-c2cccc(N)c2)[nH]c1=O. The standard InChI is InChI=1S/C23H26N6O2/c1-28(14-16-8-6-15(13-24)7-9-16)29(2)22-18(12-21(26)30)11-20(27-23(22)31)17-4-3-5-19(25)10-17/h3-11,13,24H,12,14,25H2,1-2H3,(H2,26,30)(H,27,31). The van der Waals surface area contributed by atoms with Gasteiger partial charge in [0.1, 0.15) is 5.69 Å². The first-order chi connectivity index (χ1) is 14.8. The van der Waals surface area contributed by atoms with Crippen molar-refractivity contribution in [1.82, 2.24) is 9.99 Å². The minimum Gasteiger partial charge on any atom is -0.399 e. The fourth-order valence-electron chi connectivity index (χ4n) is 3.41. The zero-order valence-corrected chi connectivity index (χ0v) is 17.6. The molecule has 2 aromatic carbocycles. The second-order valence-electron chi connectivity index (χ2n) is 7.38. The predicted octanol–water partition coefficient (Wildman–Crippen LogP) is 2.13. The first-order valence-corrected chi connectivity index (χ1v) is 9.73. The third kappa shape index (κ3) is 5.18. The van der Waals surface area contributed by atoms with E-state index < -0.39 is 5.91 Å². The zero-order chi connectivity index (χ0) is 22.5. The van der Waals surface area contributed by atoms with Gasteiger partial charge in [0.25, 0.3) is 5.56 Å². The highest BCUT2D eigenvalue weighted by atomic mass is 16.1. The second-order valence-corrected chi connectivity index (χ2v) is 7.38. The highest BCUT2D eigenvalue weighted by Crippen LogP contribution is 2.24. The van der Waals surface area contributed by atoms with Gasteiger partial charge < -0.3 is 26.9 Å². The number of amides is 1. The highest BCUT2D eigenvalue weighted by molar-refractivity contribution is 5.80. The Morgan fingerprint density at radius 1 is 1.13 bits per heavy atom. The number of pyridine rings is 1. The summed E-state index contributed by atoms with van der Waals surface area (Å²) in [6.07, 6.45) is 1.22. The van der Waals surface area contributed by atoms with Crippen molar-refractivity contribution < 1.29 is 4.79 Å². The van der Waals surface area contributed by atoms with Crippen molar-refractivity contribution in [2.75, 3.05) is 24.8 Å². The van der Waals surface area contributed by atoms with Gasteiger partial charge in [0, 0.05) is 43.8 Å². The number of aromatic amines is 1. The lowest BCUT2D eigenvalue weighted by molar-refractivity contribution is -0.117. The maximum atomic E-state index is 13.1. The second kappa shape index (κ2) is 9.27. The van der Waals surface area contributed by atoms with Gasteiger partial charge in [-0.25, -0.2) is 5.01 Å². The van der Waals surface area contributed by atoms with Crippen LogP contribution >= 0.6 is 0 Å². The summed E-state index contributed by atoms with van der Waals surface area (Å²) in [6.45, 7) is 0.529. The number of nitrogen functional groups attached to an aromatic ring is 1. The van der Waals surface area contributed by atoms with Crippen LogP contribution < -0.4 is 22.0 Å². The van der Waals surface area contributed by atoms with E-state index in [1.54, 1.807) is 36.3 Å². The molecule has 0 atom stereocenters. The maximum Gasteiger partial charge on any atom is 0.273 e. The van der Waals surface area contributed by atoms with E-state index in [-0.39, 0.29) is 12.0 Å². The van der Waals surface area contributed by atoms with E-state index in [1.807, 2.05) is 42.4 Å². The number of anilines is 2. The van der Waals surface area contributed by atoms with Gasteiger partial charge in [-0.2, -0.15) is 0 Å². The Kier molecular flexibility index (Phi) is 6.52. The van der Waals surface area contributed by atoms with Gasteiger partial charge in [0.2, 0.25) is 5.91 Å².